The number of benzene rings is 3. The van der Waals surface area contributed by atoms with Crippen LogP contribution in [0.2, 0.25) is 0 Å². The highest BCUT2D eigenvalue weighted by Crippen LogP contribution is 2.49. The second kappa shape index (κ2) is 18.2. The van der Waals surface area contributed by atoms with Gasteiger partial charge < -0.3 is 23.0 Å². The third-order valence-corrected chi connectivity index (χ3v) is 14.4. The molecule has 0 saturated heterocycles. The molecule has 2 aliphatic heterocycles. The molecule has 13 nitrogen and oxygen atoms in total. The van der Waals surface area contributed by atoms with Crippen molar-refractivity contribution in [1.29, 1.82) is 0 Å². The fourth-order valence-corrected chi connectivity index (χ4v) is 10.4. The molecular weight excluding hydrogens is 847 g/mol. The van der Waals surface area contributed by atoms with Crippen molar-refractivity contribution < 1.29 is 39.5 Å². The summed E-state index contributed by atoms with van der Waals surface area (Å²) in [7, 11) is 3.63. The Balaban J connectivity index is 1.51. The van der Waals surface area contributed by atoms with Crippen LogP contribution in [0.5, 0.6) is 0 Å². The fourth-order valence-electron chi connectivity index (χ4n) is 9.39. The zero-order valence-electron chi connectivity index (χ0n) is 39.1. The first kappa shape index (κ1) is 48.6. The van der Waals surface area contributed by atoms with Gasteiger partial charge in [0.2, 0.25) is 5.69 Å². The molecule has 0 unspecified atom stereocenters. The van der Waals surface area contributed by atoms with Crippen molar-refractivity contribution in [3.05, 3.63) is 135 Å². The first-order valence-electron chi connectivity index (χ1n) is 21.9. The lowest BCUT2D eigenvalue weighted by Gasteiger charge is -2.29. The second-order valence-electron chi connectivity index (χ2n) is 20.4. The monoisotopic (exact) mass is 910 g/mol. The van der Waals surface area contributed by atoms with Gasteiger partial charge in [-0.3, -0.25) is 0 Å². The Hall–Kier alpha value is -4.86. The molecule has 3 aliphatic rings. The molecule has 2 heterocycles. The molecule has 3 aromatic carbocycles. The smallest absolute Gasteiger partial charge is 0.209 e. The van der Waals surface area contributed by atoms with Crippen LogP contribution in [-0.4, -0.2) is 114 Å². The Labute approximate surface area is 380 Å². The number of anilines is 1. The summed E-state index contributed by atoms with van der Waals surface area (Å²) < 4.78 is 77.1. The Morgan fingerprint density at radius 2 is 1.39 bits per heavy atom. The van der Waals surface area contributed by atoms with E-state index in [1.54, 1.807) is 12.1 Å². The molecule has 15 heteroatoms. The van der Waals surface area contributed by atoms with E-state index in [4.69, 9.17) is 5.53 Å². The van der Waals surface area contributed by atoms with Gasteiger partial charge in [-0.15, -0.1) is 0 Å². The average Bonchev–Trinajstić information content (AvgIpc) is 3.54. The lowest BCUT2D eigenvalue weighted by atomic mass is 9.79. The highest BCUT2D eigenvalue weighted by atomic mass is 32.2. The SMILES string of the molecule is CC1(C)C(/C=C/C2=C(c3ccc(CN=[N+]=[N-])cc3)C(=C/C=C3/N(CCC[N+](C)(C)C)c4ccc(S(=O)(=O)[O-])cc4C3(C)C)/CCC2)=[N+](CCC[N+](C)(C)C)c2ccc(S(=O)(=O)[O-])cc21. The maximum Gasteiger partial charge on any atom is 0.209 e. The number of rotatable bonds is 16. The summed E-state index contributed by atoms with van der Waals surface area (Å²) in [5, 5.41) is 3.77. The average molecular weight is 911 g/mol. The minimum Gasteiger partial charge on any atom is -0.744 e. The lowest BCUT2D eigenvalue weighted by molar-refractivity contribution is -0.871. The van der Waals surface area contributed by atoms with Gasteiger partial charge in [-0.25, -0.2) is 16.8 Å². The van der Waals surface area contributed by atoms with Gasteiger partial charge in [-0.2, -0.15) is 4.58 Å². The molecule has 0 atom stereocenters. The van der Waals surface area contributed by atoms with Crippen LogP contribution >= 0.6 is 0 Å². The predicted octanol–water partition coefficient (Wildman–Crippen LogP) is 8.68. The van der Waals surface area contributed by atoms with E-state index < -0.39 is 31.1 Å². The van der Waals surface area contributed by atoms with Gasteiger partial charge in [0.15, 0.2) is 12.3 Å². The Bertz CT molecular complexity index is 2740. The minimum absolute atomic E-state index is 0.236. The molecule has 0 amide bonds. The molecule has 0 radical (unpaired) electrons. The van der Waals surface area contributed by atoms with Crippen LogP contribution < -0.4 is 4.90 Å². The summed E-state index contributed by atoms with van der Waals surface area (Å²) in [5.74, 6) is 0. The summed E-state index contributed by atoms with van der Waals surface area (Å²) in [4.78, 5) is 4.73. The second-order valence-corrected chi connectivity index (χ2v) is 23.1. The molecule has 0 N–H and O–H groups in total. The number of hydrogen-bond donors (Lipinski definition) is 0. The topological polar surface area (TPSA) is 169 Å². The van der Waals surface area contributed by atoms with E-state index in [2.05, 4.69) is 126 Å². The fraction of sp³-hybridized carbons (Fsp3) is 0.449. The molecule has 0 spiro atoms. The van der Waals surface area contributed by atoms with Crippen molar-refractivity contribution >= 4 is 42.9 Å². The van der Waals surface area contributed by atoms with Gasteiger partial charge in [-0.05, 0) is 108 Å². The van der Waals surface area contributed by atoms with E-state index in [0.29, 0.717) is 13.1 Å². The van der Waals surface area contributed by atoms with Gasteiger partial charge in [-0.1, -0.05) is 55.4 Å². The maximum absolute atomic E-state index is 12.2. The Morgan fingerprint density at radius 3 is 2.00 bits per heavy atom. The molecule has 6 rings (SSSR count). The zero-order valence-corrected chi connectivity index (χ0v) is 40.7. The standard InChI is InChI=1S/C49H64N7O6S2/c1-48(2)41-32-39(63(57,58)59)22-24-43(41)53(28-12-30-55(5,6)7)45(48)26-20-36-14-11-15-37(47(36)38-18-16-35(17-19-38)34-51-52-50)21-27-46-49(3,4)42-33-40(64(60,61)62)23-25-44(42)54(46)29-13-31-56(8,9)10/h16-27,32-33H,11-15,28-31,34H2,1-10H3/q+1. The first-order chi connectivity index (χ1) is 29.7. The van der Waals surface area contributed by atoms with Gasteiger partial charge in [0.25, 0.3) is 0 Å². The van der Waals surface area contributed by atoms with E-state index in [1.807, 2.05) is 12.1 Å². The molecule has 3 aromatic rings. The van der Waals surface area contributed by atoms with Crippen molar-refractivity contribution in [2.45, 2.75) is 87.0 Å². The van der Waals surface area contributed by atoms with E-state index in [1.165, 1.54) is 24.3 Å². The van der Waals surface area contributed by atoms with Crippen molar-refractivity contribution in [3.8, 4) is 0 Å². The molecule has 342 valence electrons. The number of allylic oxidation sites excluding steroid dienone is 8. The Morgan fingerprint density at radius 1 is 0.781 bits per heavy atom. The summed E-state index contributed by atoms with van der Waals surface area (Å²) in [5.41, 5.74) is 18.4. The maximum atomic E-state index is 12.2. The third-order valence-electron chi connectivity index (χ3n) is 12.7. The van der Waals surface area contributed by atoms with Crippen LogP contribution in [0.1, 0.15) is 82.1 Å². The normalized spacial score (nSPS) is 18.9. The van der Waals surface area contributed by atoms with Gasteiger partial charge in [0.1, 0.15) is 20.2 Å². The molecule has 0 fully saturated rings. The zero-order chi connectivity index (χ0) is 47.0. The summed E-state index contributed by atoms with van der Waals surface area (Å²) in [6, 6.07) is 17.5. The van der Waals surface area contributed by atoms with Crippen LogP contribution in [0.3, 0.4) is 0 Å². The largest absolute Gasteiger partial charge is 0.744 e. The van der Waals surface area contributed by atoms with Crippen LogP contribution in [-0.2, 0) is 37.6 Å². The predicted molar refractivity (Wildman–Crippen MR) is 252 cm³/mol. The molecule has 64 heavy (non-hydrogen) atoms. The summed E-state index contributed by atoms with van der Waals surface area (Å²) >= 11 is 0. The van der Waals surface area contributed by atoms with Crippen molar-refractivity contribution in [3.63, 3.8) is 0 Å². The number of nitrogens with zero attached hydrogens (tertiary/aromatic N) is 7. The summed E-state index contributed by atoms with van der Waals surface area (Å²) in [6.45, 7) is 11.8. The quantitative estimate of drug-likeness (QED) is 0.0346. The molecule has 0 aromatic heterocycles. The van der Waals surface area contributed by atoms with E-state index >= 15 is 0 Å². The number of quaternary nitrogens is 2. The van der Waals surface area contributed by atoms with Crippen LogP contribution in [0.15, 0.2) is 117 Å². The Kier molecular flexibility index (Phi) is 13.8. The first-order valence-corrected chi connectivity index (χ1v) is 24.7. The minimum atomic E-state index is -4.67. The van der Waals surface area contributed by atoms with Crippen molar-refractivity contribution in [2.24, 2.45) is 5.11 Å². The van der Waals surface area contributed by atoms with Crippen LogP contribution in [0, 0.1) is 0 Å². The van der Waals surface area contributed by atoms with Crippen LogP contribution in [0.25, 0.3) is 16.0 Å². The number of azide groups is 1. The van der Waals surface area contributed by atoms with Crippen molar-refractivity contribution in [1.82, 2.24) is 0 Å². The van der Waals surface area contributed by atoms with Gasteiger partial charge in [0, 0.05) is 52.4 Å². The number of hydrogen-bond acceptors (Lipinski definition) is 8. The third kappa shape index (κ3) is 10.8. The molecule has 0 saturated carbocycles. The van der Waals surface area contributed by atoms with Crippen molar-refractivity contribution in [2.75, 3.05) is 73.4 Å². The van der Waals surface area contributed by atoms with E-state index in [9.17, 15) is 25.9 Å². The molecule has 0 bridgehead atoms. The highest BCUT2D eigenvalue weighted by Gasteiger charge is 2.45. The van der Waals surface area contributed by atoms with E-state index in [0.717, 1.165) is 116 Å². The van der Waals surface area contributed by atoms with E-state index in [-0.39, 0.29) is 16.3 Å². The molecular formula is C49H64N7O6S2+. The molecule has 1 aliphatic carbocycles. The summed E-state index contributed by atoms with van der Waals surface area (Å²) in [6.07, 6.45) is 13.0. The number of fused-ring (bicyclic) bond motifs is 2. The highest BCUT2D eigenvalue weighted by molar-refractivity contribution is 7.86. The van der Waals surface area contributed by atoms with Gasteiger partial charge >= 0.3 is 0 Å². The van der Waals surface area contributed by atoms with Crippen LogP contribution in [0.4, 0.5) is 11.4 Å². The van der Waals surface area contributed by atoms with Gasteiger partial charge in [0.05, 0.1) is 83.5 Å². The lowest BCUT2D eigenvalue weighted by Crippen LogP contribution is -2.37.